The Hall–Kier alpha value is -6.04. The largest absolute Gasteiger partial charge is 0.454 e. The molecule has 3 aliphatic carbocycles. The minimum atomic E-state index is -0.127. The molecule has 0 bridgehead atoms. The fraction of sp³-hybridized carbons (Fsp3) is 0.302. The Balaban J connectivity index is 1.10. The van der Waals surface area contributed by atoms with Crippen molar-refractivity contribution in [2.75, 3.05) is 9.80 Å². The van der Waals surface area contributed by atoms with Crippen molar-refractivity contribution in [3.05, 3.63) is 161 Å². The zero-order chi connectivity index (χ0) is 45.8. The summed E-state index contributed by atoms with van der Waals surface area (Å²) < 4.78 is 9.79. The third-order valence-electron chi connectivity index (χ3n) is 17.1. The van der Waals surface area contributed by atoms with Crippen LogP contribution in [0.3, 0.4) is 0 Å². The van der Waals surface area contributed by atoms with Gasteiger partial charge in [0.2, 0.25) is 0 Å². The lowest BCUT2D eigenvalue weighted by molar-refractivity contribution is 0.444. The smallest absolute Gasteiger partial charge is 0.264 e. The molecule has 14 rings (SSSR count). The number of anilines is 6. The molecule has 4 heterocycles. The molecule has 0 saturated heterocycles. The standard InChI is InChI=1S/C63H59BN2OS/c1-61(2,3)40-26-30-56-47(34-40)58-60(68-56)64-50-29-25-39(38-17-8-7-9-18-38)33-52(50)66(51-23-16-21-46-45-20-11-13-24-55(45)67-59(46)51)54-36-41(62(4,5)6)35-53(57(54)64)65(58)42-27-28-44-43-19-10-12-22-48(43)63(49(44)37-42)31-14-15-32-63/h10-13,16,19-30,33-38H,7-9,14-15,17-18,31-32H2,1-6H3. The summed E-state index contributed by atoms with van der Waals surface area (Å²) in [7, 11) is 0. The number of fused-ring (bicyclic) bond motifs is 14. The highest BCUT2D eigenvalue weighted by Gasteiger charge is 2.49. The molecule has 9 aromatic rings. The van der Waals surface area contributed by atoms with Gasteiger partial charge in [0.1, 0.15) is 5.58 Å². The molecular weight excluding hydrogens is 844 g/mol. The molecule has 336 valence electrons. The number of hydrogen-bond acceptors (Lipinski definition) is 4. The van der Waals surface area contributed by atoms with Crippen LogP contribution in [0, 0.1) is 0 Å². The van der Waals surface area contributed by atoms with Crippen molar-refractivity contribution in [3.8, 4) is 11.1 Å². The maximum absolute atomic E-state index is 7.00. The fourth-order valence-corrected chi connectivity index (χ4v) is 14.9. The predicted octanol–water partition coefficient (Wildman–Crippen LogP) is 16.4. The van der Waals surface area contributed by atoms with Crippen molar-refractivity contribution < 1.29 is 4.42 Å². The molecule has 3 nitrogen and oxygen atoms in total. The Kier molecular flexibility index (Phi) is 8.74. The molecule has 2 aliphatic heterocycles. The fourth-order valence-electron chi connectivity index (χ4n) is 13.6. The average Bonchev–Trinajstić information content (AvgIpc) is 4.14. The molecule has 68 heavy (non-hydrogen) atoms. The van der Waals surface area contributed by atoms with Gasteiger partial charge in [-0.25, -0.2) is 0 Å². The van der Waals surface area contributed by atoms with Gasteiger partial charge in [-0.05, 0) is 147 Å². The summed E-state index contributed by atoms with van der Waals surface area (Å²) >= 11 is 2.02. The van der Waals surface area contributed by atoms with Crippen LogP contribution in [-0.4, -0.2) is 6.71 Å². The van der Waals surface area contributed by atoms with Crippen LogP contribution in [0.15, 0.2) is 138 Å². The van der Waals surface area contributed by atoms with Crippen molar-refractivity contribution in [2.45, 2.75) is 121 Å². The van der Waals surface area contributed by atoms with E-state index in [1.54, 1.807) is 0 Å². The molecule has 2 saturated carbocycles. The van der Waals surface area contributed by atoms with Crippen molar-refractivity contribution >= 4 is 99.9 Å². The molecule has 0 N–H and O–H groups in total. The monoisotopic (exact) mass is 902 g/mol. The molecule has 0 radical (unpaired) electrons. The topological polar surface area (TPSA) is 19.6 Å². The van der Waals surface area contributed by atoms with Gasteiger partial charge < -0.3 is 14.2 Å². The summed E-state index contributed by atoms with van der Waals surface area (Å²) in [4.78, 5) is 5.37. The Morgan fingerprint density at radius 2 is 1.31 bits per heavy atom. The van der Waals surface area contributed by atoms with Crippen molar-refractivity contribution in [3.63, 3.8) is 0 Å². The lowest BCUT2D eigenvalue weighted by Crippen LogP contribution is -2.60. The Labute approximate surface area is 405 Å². The number of furan rings is 1. The van der Waals surface area contributed by atoms with Gasteiger partial charge in [-0.15, -0.1) is 11.3 Å². The predicted molar refractivity (Wildman–Crippen MR) is 291 cm³/mol. The zero-order valence-corrected chi connectivity index (χ0v) is 41.2. The third-order valence-corrected chi connectivity index (χ3v) is 18.3. The minimum absolute atomic E-state index is 0.00627. The van der Waals surface area contributed by atoms with E-state index in [1.807, 2.05) is 11.3 Å². The van der Waals surface area contributed by atoms with Crippen LogP contribution in [-0.2, 0) is 16.2 Å². The van der Waals surface area contributed by atoms with Gasteiger partial charge >= 0.3 is 0 Å². The SMILES string of the molecule is CC(C)(C)c1cc2c3c(c1)N(c1cccc4c1oc1ccccc14)c1cc(C4CCCCC4)ccc1B3c1sc3ccc(C(C)(C)C)cc3c1N2c1ccc2c(c1)C1(CCCC1)c1ccccc1-2. The van der Waals surface area contributed by atoms with Crippen LogP contribution in [0.5, 0.6) is 0 Å². The quantitative estimate of drug-likeness (QED) is 0.165. The van der Waals surface area contributed by atoms with Crippen molar-refractivity contribution in [2.24, 2.45) is 0 Å². The maximum atomic E-state index is 7.00. The molecule has 0 amide bonds. The van der Waals surface area contributed by atoms with E-state index in [2.05, 4.69) is 185 Å². The molecule has 5 heteroatoms. The van der Waals surface area contributed by atoms with E-state index in [0.29, 0.717) is 5.92 Å². The van der Waals surface area contributed by atoms with Crippen LogP contribution >= 0.6 is 11.3 Å². The second-order valence-electron chi connectivity index (χ2n) is 23.0. The van der Waals surface area contributed by atoms with E-state index < -0.39 is 0 Å². The van der Waals surface area contributed by atoms with Crippen LogP contribution in [0.2, 0.25) is 0 Å². The summed E-state index contributed by atoms with van der Waals surface area (Å²) in [6.07, 6.45) is 11.4. The van der Waals surface area contributed by atoms with Gasteiger partial charge in [0, 0.05) is 53.8 Å². The normalized spacial score (nSPS) is 17.3. The second-order valence-corrected chi connectivity index (χ2v) is 24.1. The molecule has 1 spiro atoms. The van der Waals surface area contributed by atoms with Gasteiger partial charge in [-0.3, -0.25) is 0 Å². The van der Waals surface area contributed by atoms with E-state index in [4.69, 9.17) is 4.42 Å². The first-order valence-corrected chi connectivity index (χ1v) is 26.4. The summed E-state index contributed by atoms with van der Waals surface area (Å²) in [5, 5.41) is 3.68. The number of benzene rings is 7. The van der Waals surface area contributed by atoms with E-state index in [9.17, 15) is 0 Å². The second kappa shape index (κ2) is 14.5. The third kappa shape index (κ3) is 5.78. The van der Waals surface area contributed by atoms with E-state index in [-0.39, 0.29) is 23.0 Å². The zero-order valence-electron chi connectivity index (χ0n) is 40.4. The summed E-state index contributed by atoms with van der Waals surface area (Å²) in [5.74, 6) is 0.572. The minimum Gasteiger partial charge on any atom is -0.454 e. The lowest BCUT2D eigenvalue weighted by atomic mass is 9.36. The highest BCUT2D eigenvalue weighted by molar-refractivity contribution is 7.33. The van der Waals surface area contributed by atoms with Crippen LogP contribution in [0.25, 0.3) is 43.2 Å². The van der Waals surface area contributed by atoms with Gasteiger partial charge in [0.05, 0.1) is 11.4 Å². The Bertz CT molecular complexity index is 3570. The molecule has 2 aromatic heterocycles. The lowest BCUT2D eigenvalue weighted by Gasteiger charge is -2.44. The molecule has 5 aliphatic rings. The molecular formula is C63H59BN2OS. The first-order valence-electron chi connectivity index (χ1n) is 25.6. The van der Waals surface area contributed by atoms with E-state index >= 15 is 0 Å². The first kappa shape index (κ1) is 41.0. The number of rotatable bonds is 3. The van der Waals surface area contributed by atoms with Gasteiger partial charge in [0.25, 0.3) is 6.71 Å². The number of thiophene rings is 1. The highest BCUT2D eigenvalue weighted by atomic mass is 32.1. The number of para-hydroxylation sites is 2. The van der Waals surface area contributed by atoms with Crippen LogP contribution in [0.4, 0.5) is 34.1 Å². The summed E-state index contributed by atoms with van der Waals surface area (Å²) in [5.41, 5.74) is 22.3. The molecule has 0 unspecified atom stereocenters. The van der Waals surface area contributed by atoms with Crippen molar-refractivity contribution in [1.29, 1.82) is 0 Å². The number of nitrogens with zero attached hydrogens (tertiary/aromatic N) is 2. The number of hydrogen-bond donors (Lipinski definition) is 0. The van der Waals surface area contributed by atoms with Gasteiger partial charge in [0.15, 0.2) is 5.58 Å². The Morgan fingerprint density at radius 3 is 2.12 bits per heavy atom. The van der Waals surface area contributed by atoms with Crippen LogP contribution < -0.4 is 25.5 Å². The van der Waals surface area contributed by atoms with E-state index in [0.717, 1.165) is 27.6 Å². The first-order chi connectivity index (χ1) is 33.0. The van der Waals surface area contributed by atoms with Crippen LogP contribution in [0.1, 0.15) is 133 Å². The average molecular weight is 903 g/mol. The molecule has 7 aromatic carbocycles. The molecule has 0 atom stereocenters. The van der Waals surface area contributed by atoms with E-state index in [1.165, 1.54) is 151 Å². The molecule has 2 fully saturated rings. The van der Waals surface area contributed by atoms with Gasteiger partial charge in [-0.2, -0.15) is 0 Å². The van der Waals surface area contributed by atoms with Gasteiger partial charge in [-0.1, -0.05) is 153 Å². The maximum Gasteiger partial charge on any atom is 0.264 e. The highest BCUT2D eigenvalue weighted by Crippen LogP contribution is 2.59. The van der Waals surface area contributed by atoms with Crippen molar-refractivity contribution in [1.82, 2.24) is 0 Å². The summed E-state index contributed by atoms with van der Waals surface area (Å²) in [6.45, 7) is 14.3. The summed E-state index contributed by atoms with van der Waals surface area (Å²) in [6, 6.07) is 52.5. The Morgan fingerprint density at radius 1 is 0.574 bits per heavy atom.